The molecule has 1 saturated carbocycles. The lowest BCUT2D eigenvalue weighted by Gasteiger charge is -2.03. The van der Waals surface area contributed by atoms with Gasteiger partial charge in [-0.15, -0.1) is 0 Å². The molecule has 1 aromatic heterocycles. The third kappa shape index (κ3) is 2.50. The number of nitrogens with one attached hydrogen (secondary N) is 2. The predicted molar refractivity (Wildman–Crippen MR) is 80.4 cm³/mol. The van der Waals surface area contributed by atoms with Crippen LogP contribution >= 0.6 is 0 Å². The van der Waals surface area contributed by atoms with E-state index in [-0.39, 0.29) is 12.3 Å². The first kappa shape index (κ1) is 13.5. The van der Waals surface area contributed by atoms with Gasteiger partial charge >= 0.3 is 0 Å². The van der Waals surface area contributed by atoms with Crippen molar-refractivity contribution in [2.75, 3.05) is 18.4 Å². The maximum Gasteiger partial charge on any atom is 0.232 e. The Kier molecular flexibility index (Phi) is 3.18. The van der Waals surface area contributed by atoms with Gasteiger partial charge in [-0.3, -0.25) is 4.79 Å². The number of rotatable bonds is 4. The van der Waals surface area contributed by atoms with Gasteiger partial charge in [-0.25, -0.2) is 0 Å². The lowest BCUT2D eigenvalue weighted by molar-refractivity contribution is -0.115. The van der Waals surface area contributed by atoms with Gasteiger partial charge in [-0.1, -0.05) is 23.4 Å². The minimum Gasteiger partial charge on any atom is -0.339 e. The molecule has 2 atom stereocenters. The number of amides is 1. The van der Waals surface area contributed by atoms with E-state index >= 15 is 0 Å². The Labute approximate surface area is 128 Å². The van der Waals surface area contributed by atoms with Crippen LogP contribution in [0.2, 0.25) is 0 Å². The number of carbonyl (C=O) groups is 1. The van der Waals surface area contributed by atoms with Crippen LogP contribution in [0.4, 0.5) is 5.69 Å². The SMILES string of the molecule is O=C(Cc1noc(C2CC23CCNC3)n1)Nc1ccccc1. The molecular formula is C16H18N4O2. The summed E-state index contributed by atoms with van der Waals surface area (Å²) >= 11 is 0. The second-order valence-electron chi connectivity index (χ2n) is 6.19. The molecule has 1 aliphatic carbocycles. The molecule has 1 spiro atoms. The van der Waals surface area contributed by atoms with Crippen LogP contribution in [0.3, 0.4) is 0 Å². The Morgan fingerprint density at radius 2 is 2.27 bits per heavy atom. The zero-order valence-corrected chi connectivity index (χ0v) is 12.2. The van der Waals surface area contributed by atoms with E-state index in [1.807, 2.05) is 30.3 Å². The molecule has 2 aliphatic rings. The van der Waals surface area contributed by atoms with Crippen molar-refractivity contribution in [3.05, 3.63) is 42.0 Å². The van der Waals surface area contributed by atoms with Crippen LogP contribution in [-0.2, 0) is 11.2 Å². The predicted octanol–water partition coefficient (Wildman–Crippen LogP) is 1.72. The van der Waals surface area contributed by atoms with Gasteiger partial charge in [-0.2, -0.15) is 4.98 Å². The second kappa shape index (κ2) is 5.21. The number of hydrogen-bond acceptors (Lipinski definition) is 5. The fourth-order valence-electron chi connectivity index (χ4n) is 3.28. The van der Waals surface area contributed by atoms with Crippen molar-refractivity contribution in [1.82, 2.24) is 15.5 Å². The van der Waals surface area contributed by atoms with Gasteiger partial charge in [-0.05, 0) is 36.9 Å². The monoisotopic (exact) mass is 298 g/mol. The van der Waals surface area contributed by atoms with Crippen LogP contribution in [0.15, 0.2) is 34.9 Å². The first-order valence-electron chi connectivity index (χ1n) is 7.63. The molecule has 1 aromatic carbocycles. The fraction of sp³-hybridized carbons (Fsp3) is 0.438. The van der Waals surface area contributed by atoms with E-state index in [0.29, 0.717) is 23.0 Å². The van der Waals surface area contributed by atoms with E-state index in [2.05, 4.69) is 20.8 Å². The van der Waals surface area contributed by atoms with Crippen LogP contribution < -0.4 is 10.6 Å². The average Bonchev–Trinajstić information content (AvgIpc) is 2.87. The Balaban J connectivity index is 1.37. The Bertz CT molecular complexity index is 676. The van der Waals surface area contributed by atoms with Gasteiger partial charge in [0.15, 0.2) is 5.82 Å². The molecule has 1 aliphatic heterocycles. The number of hydrogen-bond donors (Lipinski definition) is 2. The van der Waals surface area contributed by atoms with E-state index in [4.69, 9.17) is 4.52 Å². The minimum absolute atomic E-state index is 0.133. The first-order chi connectivity index (χ1) is 10.8. The molecule has 0 radical (unpaired) electrons. The zero-order chi connectivity index (χ0) is 15.0. The normalized spacial score (nSPS) is 26.3. The van der Waals surface area contributed by atoms with E-state index in [9.17, 15) is 4.79 Å². The molecule has 2 unspecified atom stereocenters. The molecule has 2 N–H and O–H groups in total. The van der Waals surface area contributed by atoms with Crippen molar-refractivity contribution in [2.45, 2.75) is 25.2 Å². The summed E-state index contributed by atoms with van der Waals surface area (Å²) in [7, 11) is 0. The molecule has 2 aromatic rings. The highest BCUT2D eigenvalue weighted by Gasteiger charge is 2.58. The van der Waals surface area contributed by atoms with Crippen LogP contribution in [0, 0.1) is 5.41 Å². The summed E-state index contributed by atoms with van der Waals surface area (Å²) in [4.78, 5) is 16.4. The summed E-state index contributed by atoms with van der Waals surface area (Å²) in [5, 5.41) is 10.2. The van der Waals surface area contributed by atoms with Crippen molar-refractivity contribution < 1.29 is 9.32 Å². The zero-order valence-electron chi connectivity index (χ0n) is 12.2. The van der Waals surface area contributed by atoms with Crippen LogP contribution in [0.25, 0.3) is 0 Å². The summed E-state index contributed by atoms with van der Waals surface area (Å²) in [6.45, 7) is 2.10. The Morgan fingerprint density at radius 3 is 3.05 bits per heavy atom. The highest BCUT2D eigenvalue weighted by atomic mass is 16.5. The third-order valence-corrected chi connectivity index (χ3v) is 4.62. The van der Waals surface area contributed by atoms with Crippen molar-refractivity contribution in [3.63, 3.8) is 0 Å². The lowest BCUT2D eigenvalue weighted by Crippen LogP contribution is -2.15. The standard InChI is InChI=1S/C16H18N4O2/c21-14(18-11-4-2-1-3-5-11)8-13-19-15(22-20-13)12-9-16(12)6-7-17-10-16/h1-5,12,17H,6-10H2,(H,18,21). The van der Waals surface area contributed by atoms with Crippen molar-refractivity contribution in [1.29, 1.82) is 0 Å². The van der Waals surface area contributed by atoms with Gasteiger partial charge < -0.3 is 15.2 Å². The van der Waals surface area contributed by atoms with Crippen molar-refractivity contribution >= 4 is 11.6 Å². The van der Waals surface area contributed by atoms with Crippen molar-refractivity contribution in [3.8, 4) is 0 Å². The number of anilines is 1. The van der Waals surface area contributed by atoms with Crippen LogP contribution in [-0.4, -0.2) is 29.1 Å². The molecule has 2 heterocycles. The fourth-order valence-corrected chi connectivity index (χ4v) is 3.28. The smallest absolute Gasteiger partial charge is 0.232 e. The van der Waals surface area contributed by atoms with Gasteiger partial charge in [0.2, 0.25) is 11.8 Å². The molecule has 6 nitrogen and oxygen atoms in total. The summed E-state index contributed by atoms with van der Waals surface area (Å²) in [5.74, 6) is 1.37. The number of benzene rings is 1. The van der Waals surface area contributed by atoms with Gasteiger partial charge in [0, 0.05) is 18.2 Å². The number of carbonyl (C=O) groups excluding carboxylic acids is 1. The molecule has 114 valence electrons. The van der Waals surface area contributed by atoms with E-state index in [1.165, 1.54) is 6.42 Å². The molecule has 1 amide bonds. The number of para-hydroxylation sites is 1. The van der Waals surface area contributed by atoms with Crippen LogP contribution in [0.5, 0.6) is 0 Å². The molecule has 1 saturated heterocycles. The highest BCUT2D eigenvalue weighted by Crippen LogP contribution is 2.62. The highest BCUT2D eigenvalue weighted by molar-refractivity contribution is 5.91. The number of nitrogens with zero attached hydrogens (tertiary/aromatic N) is 2. The topological polar surface area (TPSA) is 80.1 Å². The first-order valence-corrected chi connectivity index (χ1v) is 7.63. The molecule has 6 heteroatoms. The minimum atomic E-state index is -0.133. The molecule has 4 rings (SSSR count). The van der Waals surface area contributed by atoms with E-state index in [0.717, 1.165) is 25.2 Å². The van der Waals surface area contributed by atoms with E-state index in [1.54, 1.807) is 0 Å². The second-order valence-corrected chi connectivity index (χ2v) is 6.19. The lowest BCUT2D eigenvalue weighted by atomic mass is 10.0. The Hall–Kier alpha value is -2.21. The van der Waals surface area contributed by atoms with Gasteiger partial charge in [0.25, 0.3) is 0 Å². The number of aromatic nitrogens is 2. The molecular weight excluding hydrogens is 280 g/mol. The molecule has 2 fully saturated rings. The summed E-state index contributed by atoms with van der Waals surface area (Å²) in [5.41, 5.74) is 1.10. The Morgan fingerprint density at radius 1 is 1.41 bits per heavy atom. The largest absolute Gasteiger partial charge is 0.339 e. The molecule has 22 heavy (non-hydrogen) atoms. The maximum atomic E-state index is 12.0. The quantitative estimate of drug-likeness (QED) is 0.898. The summed E-state index contributed by atoms with van der Waals surface area (Å²) in [6.07, 6.45) is 2.41. The van der Waals surface area contributed by atoms with Crippen LogP contribution in [0.1, 0.15) is 30.5 Å². The summed E-state index contributed by atoms with van der Waals surface area (Å²) < 4.78 is 5.36. The van der Waals surface area contributed by atoms with Crippen molar-refractivity contribution in [2.24, 2.45) is 5.41 Å². The van der Waals surface area contributed by atoms with Gasteiger partial charge in [0.05, 0.1) is 6.42 Å². The summed E-state index contributed by atoms with van der Waals surface area (Å²) in [6, 6.07) is 9.36. The maximum absolute atomic E-state index is 12.0. The third-order valence-electron chi connectivity index (χ3n) is 4.62. The van der Waals surface area contributed by atoms with Gasteiger partial charge in [0.1, 0.15) is 0 Å². The molecule has 0 bridgehead atoms. The van der Waals surface area contributed by atoms with E-state index < -0.39 is 0 Å². The average molecular weight is 298 g/mol.